The van der Waals surface area contributed by atoms with Gasteiger partial charge in [-0.15, -0.1) is 0 Å². The minimum Gasteiger partial charge on any atom is -0.501 e. The van der Waals surface area contributed by atoms with Gasteiger partial charge in [0.15, 0.2) is 0 Å². The van der Waals surface area contributed by atoms with Crippen LogP contribution in [0.3, 0.4) is 0 Å². The molecule has 2 rings (SSSR count). The van der Waals surface area contributed by atoms with Crippen molar-refractivity contribution < 1.29 is 9.52 Å². The topological polar surface area (TPSA) is 31.5 Å². The number of aromatic hydroxyl groups is 1. The summed E-state index contributed by atoms with van der Waals surface area (Å²) >= 11 is 0. The van der Waals surface area contributed by atoms with Crippen molar-refractivity contribution in [1.82, 2.24) is 0 Å². The summed E-state index contributed by atoms with van der Waals surface area (Å²) in [7, 11) is 0. The first-order valence-corrected chi connectivity index (χ1v) is 4.39. The molecule has 0 aliphatic rings. The van der Waals surface area contributed by atoms with Crippen LogP contribution in [0.5, 0.6) is 5.75 Å². The van der Waals surface area contributed by atoms with Crippen molar-refractivity contribution in [3.05, 3.63) is 42.2 Å². The molecular formula is C12H11O2+. The second kappa shape index (κ2) is 3.14. The summed E-state index contributed by atoms with van der Waals surface area (Å²) in [4.78, 5) is 0. The Morgan fingerprint density at radius 3 is 2.86 bits per heavy atom. The van der Waals surface area contributed by atoms with Gasteiger partial charge in [0.25, 0.3) is 0 Å². The maximum absolute atomic E-state index is 9.46. The minimum atomic E-state index is 0.179. The van der Waals surface area contributed by atoms with Gasteiger partial charge in [-0.1, -0.05) is 12.7 Å². The molecule has 14 heavy (non-hydrogen) atoms. The lowest BCUT2D eigenvalue weighted by atomic mass is 10.1. The van der Waals surface area contributed by atoms with E-state index in [1.165, 1.54) is 0 Å². The second-order valence-corrected chi connectivity index (χ2v) is 3.19. The molecule has 0 spiro atoms. The number of fused-ring (bicyclic) bond motifs is 1. The maximum Gasteiger partial charge on any atom is 0.368 e. The molecule has 0 aliphatic heterocycles. The van der Waals surface area contributed by atoms with E-state index in [1.54, 1.807) is 19.1 Å². The van der Waals surface area contributed by atoms with E-state index in [0.717, 1.165) is 16.5 Å². The van der Waals surface area contributed by atoms with Crippen molar-refractivity contribution in [3.63, 3.8) is 0 Å². The predicted octanol–water partition coefficient (Wildman–Crippen LogP) is 3.37. The van der Waals surface area contributed by atoms with E-state index in [0.29, 0.717) is 5.76 Å². The van der Waals surface area contributed by atoms with Crippen molar-refractivity contribution in [3.8, 4) is 5.75 Å². The zero-order valence-corrected chi connectivity index (χ0v) is 7.95. The van der Waals surface area contributed by atoms with Crippen molar-refractivity contribution in [2.75, 3.05) is 0 Å². The molecule has 0 saturated carbocycles. The molecule has 0 bridgehead atoms. The quantitative estimate of drug-likeness (QED) is 0.694. The van der Waals surface area contributed by atoms with E-state index in [-0.39, 0.29) is 5.75 Å². The Morgan fingerprint density at radius 1 is 1.36 bits per heavy atom. The highest BCUT2D eigenvalue weighted by molar-refractivity contribution is 5.80. The molecule has 1 aromatic heterocycles. The van der Waals surface area contributed by atoms with Crippen LogP contribution in [0, 0.1) is 6.92 Å². The number of rotatable bonds is 1. The average molecular weight is 187 g/mol. The van der Waals surface area contributed by atoms with Crippen LogP contribution in [0.15, 0.2) is 35.3 Å². The molecule has 1 N–H and O–H groups in total. The monoisotopic (exact) mass is 187 g/mol. The first-order chi connectivity index (χ1) is 6.70. The Labute approximate surface area is 82.1 Å². The van der Waals surface area contributed by atoms with Crippen molar-refractivity contribution in [2.45, 2.75) is 6.92 Å². The highest BCUT2D eigenvalue weighted by atomic mass is 16.4. The molecule has 0 unspecified atom stereocenters. The molecule has 2 aromatic rings. The zero-order valence-electron chi connectivity index (χ0n) is 7.95. The summed E-state index contributed by atoms with van der Waals surface area (Å²) in [6, 6.07) is 7.42. The van der Waals surface area contributed by atoms with E-state index < -0.39 is 0 Å². The van der Waals surface area contributed by atoms with Crippen LogP contribution < -0.4 is 0 Å². The fraction of sp³-hybridized carbons (Fsp3) is 0.0833. The number of aryl methyl sites for hydroxylation is 1. The molecule has 0 aliphatic carbocycles. The third kappa shape index (κ3) is 1.35. The number of hydrogen-bond donors (Lipinski definition) is 1. The average Bonchev–Trinajstić information content (AvgIpc) is 2.19. The molecule has 70 valence electrons. The summed E-state index contributed by atoms with van der Waals surface area (Å²) in [6.45, 7) is 5.42. The van der Waals surface area contributed by atoms with Crippen molar-refractivity contribution in [2.24, 2.45) is 0 Å². The molecule has 0 fully saturated rings. The van der Waals surface area contributed by atoms with Gasteiger partial charge in [0.05, 0.1) is 12.3 Å². The molecule has 2 nitrogen and oxygen atoms in total. The lowest BCUT2D eigenvalue weighted by Gasteiger charge is -1.93. The van der Waals surface area contributed by atoms with E-state index >= 15 is 0 Å². The molecule has 1 heterocycles. The Hall–Kier alpha value is -1.83. The lowest BCUT2D eigenvalue weighted by Crippen LogP contribution is -1.79. The van der Waals surface area contributed by atoms with Crippen LogP contribution >= 0.6 is 0 Å². The molecule has 1 aromatic carbocycles. The smallest absolute Gasteiger partial charge is 0.368 e. The molecule has 0 amide bonds. The van der Waals surface area contributed by atoms with Gasteiger partial charge in [-0.05, 0) is 17.7 Å². The normalized spacial score (nSPS) is 10.4. The van der Waals surface area contributed by atoms with Crippen molar-refractivity contribution in [1.29, 1.82) is 0 Å². The Kier molecular flexibility index (Phi) is 1.97. The molecule has 0 radical (unpaired) electrons. The zero-order chi connectivity index (χ0) is 10.1. The number of hydrogen-bond acceptors (Lipinski definition) is 1. The van der Waals surface area contributed by atoms with Gasteiger partial charge in [0, 0.05) is 12.1 Å². The van der Waals surface area contributed by atoms with Gasteiger partial charge >= 0.3 is 11.3 Å². The molecule has 0 atom stereocenters. The van der Waals surface area contributed by atoms with Crippen LogP contribution in [0.4, 0.5) is 0 Å². The van der Waals surface area contributed by atoms with Gasteiger partial charge in [-0.3, -0.25) is 0 Å². The highest BCUT2D eigenvalue weighted by Gasteiger charge is 2.13. The van der Waals surface area contributed by atoms with Crippen LogP contribution in [-0.4, -0.2) is 5.11 Å². The van der Waals surface area contributed by atoms with Gasteiger partial charge in [0.2, 0.25) is 5.75 Å². The van der Waals surface area contributed by atoms with E-state index in [1.807, 2.05) is 18.2 Å². The standard InChI is InChI=1S/C12H10O2/c1-3-9-4-5-12-10(6-9)7-11(13)8(2)14-12/h3-7H,1H2,2H3/p+1. The van der Waals surface area contributed by atoms with Crippen LogP contribution in [0.25, 0.3) is 17.0 Å². The minimum absolute atomic E-state index is 0.179. The fourth-order valence-corrected chi connectivity index (χ4v) is 1.37. The van der Waals surface area contributed by atoms with Crippen LogP contribution in [0.2, 0.25) is 0 Å². The summed E-state index contributed by atoms with van der Waals surface area (Å²) in [6.07, 6.45) is 1.76. The number of benzene rings is 1. The van der Waals surface area contributed by atoms with E-state index in [9.17, 15) is 5.11 Å². The maximum atomic E-state index is 9.46. The summed E-state index contributed by atoms with van der Waals surface area (Å²) in [5.74, 6) is 0.711. The van der Waals surface area contributed by atoms with E-state index in [4.69, 9.17) is 4.42 Å². The predicted molar refractivity (Wildman–Crippen MR) is 57.1 cm³/mol. The molecular weight excluding hydrogens is 176 g/mol. The second-order valence-electron chi connectivity index (χ2n) is 3.19. The first-order valence-electron chi connectivity index (χ1n) is 4.39. The third-order valence-electron chi connectivity index (χ3n) is 2.19. The molecule has 2 heteroatoms. The summed E-state index contributed by atoms with van der Waals surface area (Å²) < 4.78 is 5.41. The third-order valence-corrected chi connectivity index (χ3v) is 2.19. The first kappa shape index (κ1) is 8.75. The Bertz CT molecular complexity index is 501. The summed E-state index contributed by atoms with van der Waals surface area (Å²) in [5.41, 5.74) is 1.78. The van der Waals surface area contributed by atoms with Crippen molar-refractivity contribution >= 4 is 17.0 Å². The van der Waals surface area contributed by atoms with Crippen LogP contribution in [0.1, 0.15) is 11.3 Å². The van der Waals surface area contributed by atoms with Gasteiger partial charge in [-0.2, -0.15) is 0 Å². The summed E-state index contributed by atoms with van der Waals surface area (Å²) in [5, 5.41) is 10.3. The SMILES string of the molecule is C=Cc1ccc2[o+]c(C)c(O)cc2c1. The van der Waals surface area contributed by atoms with Gasteiger partial charge < -0.3 is 5.11 Å². The Morgan fingerprint density at radius 2 is 2.14 bits per heavy atom. The lowest BCUT2D eigenvalue weighted by molar-refractivity contribution is 0.432. The van der Waals surface area contributed by atoms with Gasteiger partial charge in [0.1, 0.15) is 0 Å². The molecule has 0 saturated heterocycles. The Balaban J connectivity index is 2.76. The largest absolute Gasteiger partial charge is 0.501 e. The van der Waals surface area contributed by atoms with Crippen LogP contribution in [-0.2, 0) is 0 Å². The van der Waals surface area contributed by atoms with E-state index in [2.05, 4.69) is 6.58 Å². The fourth-order valence-electron chi connectivity index (χ4n) is 1.37. The highest BCUT2D eigenvalue weighted by Crippen LogP contribution is 2.25. The van der Waals surface area contributed by atoms with Gasteiger partial charge in [-0.25, -0.2) is 4.42 Å².